The Morgan fingerprint density at radius 2 is 1.68 bits per heavy atom. The van der Waals surface area contributed by atoms with Gasteiger partial charge < -0.3 is 4.74 Å². The van der Waals surface area contributed by atoms with E-state index in [-0.39, 0.29) is 11.9 Å². The lowest BCUT2D eigenvalue weighted by Crippen LogP contribution is -2.56. The number of rotatable bonds is 5. The van der Waals surface area contributed by atoms with Gasteiger partial charge in [0.1, 0.15) is 21.8 Å². The number of nitrogens with zero attached hydrogens (tertiary/aromatic N) is 3. The lowest BCUT2D eigenvalue weighted by molar-refractivity contribution is -0.123. The van der Waals surface area contributed by atoms with Gasteiger partial charge in [0.05, 0.1) is 18.8 Å². The molecular weight excluding hydrogens is 473 g/mol. The maximum atomic E-state index is 12.5. The molecule has 2 aromatic heterocycles. The number of β-lactam (4-membered cyclic amide) rings is 1. The Morgan fingerprint density at radius 1 is 0.968 bits per heavy atom. The molecule has 1 saturated heterocycles. The van der Waals surface area contributed by atoms with Crippen molar-refractivity contribution in [2.45, 2.75) is 11.4 Å². The van der Waals surface area contributed by atoms with Crippen LogP contribution in [0.5, 0.6) is 5.75 Å². The number of alkyl halides is 1. The van der Waals surface area contributed by atoms with Crippen molar-refractivity contribution < 1.29 is 9.53 Å². The van der Waals surface area contributed by atoms with E-state index >= 15 is 0 Å². The molecule has 31 heavy (non-hydrogen) atoms. The zero-order chi connectivity index (χ0) is 21.5. The van der Waals surface area contributed by atoms with Gasteiger partial charge in [-0.15, -0.1) is 34.3 Å². The first-order valence-corrected chi connectivity index (χ1v) is 11.9. The second kappa shape index (κ2) is 8.24. The monoisotopic (exact) mass is 487 g/mol. The van der Waals surface area contributed by atoms with Gasteiger partial charge in [0.2, 0.25) is 5.91 Å². The molecule has 0 aliphatic carbocycles. The summed E-state index contributed by atoms with van der Waals surface area (Å²) in [4.78, 5) is 23.6. The molecule has 1 aliphatic rings. The zero-order valence-corrected chi connectivity index (χ0v) is 19.3. The molecule has 156 valence electrons. The maximum absolute atomic E-state index is 12.5. The largest absolute Gasteiger partial charge is 0.497 e. The third-order valence-corrected chi connectivity index (χ3v) is 7.43. The Kier molecular flexibility index (Phi) is 5.44. The first-order chi connectivity index (χ1) is 15.0. The summed E-state index contributed by atoms with van der Waals surface area (Å²) in [7, 11) is 1.62. The SMILES string of the molecule is COc1ccc(C2C(Cl)C(=O)N2c2nc(-c3nc(-c4ccc(Cl)cc4)cs3)cs2)cc1. The van der Waals surface area contributed by atoms with Crippen molar-refractivity contribution in [2.24, 2.45) is 0 Å². The quantitative estimate of drug-likeness (QED) is 0.245. The van der Waals surface area contributed by atoms with Crippen LogP contribution >= 0.6 is 45.9 Å². The van der Waals surface area contributed by atoms with Crippen molar-refractivity contribution in [1.82, 2.24) is 9.97 Å². The van der Waals surface area contributed by atoms with E-state index in [2.05, 4.69) is 4.98 Å². The van der Waals surface area contributed by atoms with Crippen LogP contribution in [0.3, 0.4) is 0 Å². The molecule has 0 radical (unpaired) electrons. The predicted molar refractivity (Wildman–Crippen MR) is 127 cm³/mol. The van der Waals surface area contributed by atoms with Crippen LogP contribution in [-0.2, 0) is 4.79 Å². The fraction of sp³-hybridized carbons (Fsp3) is 0.136. The number of hydrogen-bond donors (Lipinski definition) is 0. The topological polar surface area (TPSA) is 55.3 Å². The van der Waals surface area contributed by atoms with Crippen LogP contribution in [0.1, 0.15) is 11.6 Å². The van der Waals surface area contributed by atoms with Crippen LogP contribution in [0, 0.1) is 0 Å². The molecule has 0 spiro atoms. The van der Waals surface area contributed by atoms with Gasteiger partial charge >= 0.3 is 0 Å². The molecule has 1 amide bonds. The average molecular weight is 488 g/mol. The van der Waals surface area contributed by atoms with Crippen molar-refractivity contribution in [3.63, 3.8) is 0 Å². The number of aromatic nitrogens is 2. The number of ether oxygens (including phenoxy) is 1. The van der Waals surface area contributed by atoms with E-state index in [0.29, 0.717) is 10.2 Å². The van der Waals surface area contributed by atoms with Crippen molar-refractivity contribution in [1.29, 1.82) is 0 Å². The number of amides is 1. The third-order valence-electron chi connectivity index (χ3n) is 5.05. The third kappa shape index (κ3) is 3.72. The van der Waals surface area contributed by atoms with Crippen molar-refractivity contribution in [3.8, 4) is 27.7 Å². The van der Waals surface area contributed by atoms with Crippen LogP contribution < -0.4 is 9.64 Å². The minimum atomic E-state index is -0.614. The standard InChI is InChI=1S/C22H15Cl2N3O2S2/c1-29-15-8-4-13(5-9-15)19-18(24)21(28)27(19)22-26-17(11-31-22)20-25-16(10-30-20)12-2-6-14(23)7-3-12/h2-11,18-19H,1H3. The molecular formula is C22H15Cl2N3O2S2. The van der Waals surface area contributed by atoms with E-state index < -0.39 is 5.38 Å². The van der Waals surface area contributed by atoms with Crippen LogP contribution in [0.15, 0.2) is 59.3 Å². The number of methoxy groups -OCH3 is 1. The van der Waals surface area contributed by atoms with Crippen molar-refractivity contribution >= 4 is 56.9 Å². The zero-order valence-electron chi connectivity index (χ0n) is 16.2. The van der Waals surface area contributed by atoms with E-state index in [0.717, 1.165) is 33.3 Å². The molecule has 4 aromatic rings. The van der Waals surface area contributed by atoms with Gasteiger partial charge in [0, 0.05) is 21.3 Å². The molecule has 5 nitrogen and oxygen atoms in total. The number of carbonyl (C=O) groups excluding carboxylic acids is 1. The fourth-order valence-corrected chi connectivity index (χ4v) is 5.61. The lowest BCUT2D eigenvalue weighted by Gasteiger charge is -2.42. The summed E-state index contributed by atoms with van der Waals surface area (Å²) in [6, 6.07) is 14.9. The summed E-state index contributed by atoms with van der Waals surface area (Å²) in [5.74, 6) is 0.605. The normalized spacial score (nSPS) is 18.2. The molecule has 2 unspecified atom stereocenters. The van der Waals surface area contributed by atoms with Gasteiger partial charge in [-0.25, -0.2) is 9.97 Å². The summed E-state index contributed by atoms with van der Waals surface area (Å²) >= 11 is 15.2. The number of anilines is 1. The smallest absolute Gasteiger partial charge is 0.249 e. The van der Waals surface area contributed by atoms with Gasteiger partial charge in [0.15, 0.2) is 5.13 Å². The van der Waals surface area contributed by atoms with E-state index in [1.807, 2.05) is 59.3 Å². The van der Waals surface area contributed by atoms with Gasteiger partial charge in [-0.3, -0.25) is 9.69 Å². The molecule has 1 fully saturated rings. The molecule has 2 aromatic carbocycles. The Morgan fingerprint density at radius 3 is 2.39 bits per heavy atom. The van der Waals surface area contributed by atoms with Crippen LogP contribution in [0.25, 0.3) is 22.0 Å². The highest BCUT2D eigenvalue weighted by Gasteiger charge is 2.49. The fourth-order valence-electron chi connectivity index (χ4n) is 3.40. The molecule has 0 saturated carbocycles. The van der Waals surface area contributed by atoms with E-state index in [1.165, 1.54) is 22.7 Å². The molecule has 0 N–H and O–H groups in total. The molecule has 5 rings (SSSR count). The number of thiazole rings is 2. The van der Waals surface area contributed by atoms with Crippen LogP contribution in [-0.4, -0.2) is 28.4 Å². The Bertz CT molecular complexity index is 1240. The van der Waals surface area contributed by atoms with E-state index in [4.69, 9.17) is 32.9 Å². The van der Waals surface area contributed by atoms with Gasteiger partial charge in [-0.1, -0.05) is 35.9 Å². The van der Waals surface area contributed by atoms with Crippen molar-refractivity contribution in [2.75, 3.05) is 12.0 Å². The van der Waals surface area contributed by atoms with Crippen LogP contribution in [0.2, 0.25) is 5.02 Å². The molecule has 3 heterocycles. The van der Waals surface area contributed by atoms with E-state index in [1.54, 1.807) is 12.0 Å². The number of benzene rings is 2. The number of halogens is 2. The number of hydrogen-bond acceptors (Lipinski definition) is 6. The summed E-state index contributed by atoms with van der Waals surface area (Å²) in [5, 5.41) is 5.38. The predicted octanol–water partition coefficient (Wildman–Crippen LogP) is 6.29. The molecule has 1 aliphatic heterocycles. The first kappa shape index (κ1) is 20.5. The van der Waals surface area contributed by atoms with Gasteiger partial charge in [-0.05, 0) is 29.8 Å². The molecule has 9 heteroatoms. The summed E-state index contributed by atoms with van der Waals surface area (Å²) in [5.41, 5.74) is 3.54. The van der Waals surface area contributed by atoms with Gasteiger partial charge in [-0.2, -0.15) is 0 Å². The summed E-state index contributed by atoms with van der Waals surface area (Å²) in [6.07, 6.45) is 0. The van der Waals surface area contributed by atoms with Crippen molar-refractivity contribution in [3.05, 3.63) is 69.9 Å². The molecule has 2 atom stereocenters. The van der Waals surface area contributed by atoms with Crippen LogP contribution in [0.4, 0.5) is 5.13 Å². The minimum Gasteiger partial charge on any atom is -0.497 e. The first-order valence-electron chi connectivity index (χ1n) is 9.33. The summed E-state index contributed by atoms with van der Waals surface area (Å²) < 4.78 is 5.22. The second-order valence-corrected chi connectivity index (χ2v) is 9.49. The summed E-state index contributed by atoms with van der Waals surface area (Å²) in [6.45, 7) is 0. The maximum Gasteiger partial charge on any atom is 0.249 e. The Hall–Kier alpha value is -2.45. The highest BCUT2D eigenvalue weighted by molar-refractivity contribution is 7.16. The highest BCUT2D eigenvalue weighted by atomic mass is 35.5. The Balaban J connectivity index is 1.40. The average Bonchev–Trinajstić information content (AvgIpc) is 3.47. The Labute approximate surface area is 196 Å². The minimum absolute atomic E-state index is 0.149. The second-order valence-electron chi connectivity index (χ2n) is 6.89. The van der Waals surface area contributed by atoms with Gasteiger partial charge in [0.25, 0.3) is 0 Å². The highest BCUT2D eigenvalue weighted by Crippen LogP contribution is 2.44. The van der Waals surface area contributed by atoms with E-state index in [9.17, 15) is 4.79 Å². The lowest BCUT2D eigenvalue weighted by atomic mass is 9.94. The molecule has 0 bridgehead atoms. The number of carbonyl (C=O) groups is 1.